The van der Waals surface area contributed by atoms with Crippen LogP contribution in [0.15, 0.2) is 12.1 Å². The van der Waals surface area contributed by atoms with Gasteiger partial charge < -0.3 is 25.2 Å². The number of fused-ring (bicyclic) bond motifs is 1. The topological polar surface area (TPSA) is 91.0 Å². The Morgan fingerprint density at radius 3 is 2.38 bits per heavy atom. The summed E-state index contributed by atoms with van der Waals surface area (Å²) < 4.78 is 89.5. The second-order valence-corrected chi connectivity index (χ2v) is 9.96. The van der Waals surface area contributed by atoms with Gasteiger partial charge >= 0.3 is 12.4 Å². The van der Waals surface area contributed by atoms with Gasteiger partial charge in [0.15, 0.2) is 0 Å². The van der Waals surface area contributed by atoms with Crippen molar-refractivity contribution in [1.29, 1.82) is 0 Å². The summed E-state index contributed by atoms with van der Waals surface area (Å²) in [5.41, 5.74) is -6.19. The van der Waals surface area contributed by atoms with Crippen LogP contribution in [0.3, 0.4) is 0 Å². The number of ether oxygens (including phenoxy) is 1. The normalized spacial score (nSPS) is 21.3. The Balaban J connectivity index is 0.00000560. The van der Waals surface area contributed by atoms with Gasteiger partial charge in [-0.05, 0) is 52.3 Å². The molecule has 0 bridgehead atoms. The molecule has 1 aromatic rings. The van der Waals surface area contributed by atoms with Crippen LogP contribution < -0.4 is 20.3 Å². The minimum Gasteiger partial charge on any atom is -0.466 e. The molecule has 40 heavy (non-hydrogen) atoms. The Bertz CT molecular complexity index is 1110. The van der Waals surface area contributed by atoms with Crippen molar-refractivity contribution in [1.82, 2.24) is 15.5 Å². The number of piperidine rings is 1. The molecule has 0 saturated carbocycles. The van der Waals surface area contributed by atoms with Gasteiger partial charge in [0.05, 0.1) is 16.8 Å². The number of hydrogen-bond acceptors (Lipinski definition) is 5. The lowest BCUT2D eigenvalue weighted by atomic mass is 9.96. The molecule has 1 saturated heterocycles. The van der Waals surface area contributed by atoms with E-state index in [1.54, 1.807) is 20.8 Å². The summed E-state index contributed by atoms with van der Waals surface area (Å²) in [5, 5.41) is 5.54. The summed E-state index contributed by atoms with van der Waals surface area (Å²) in [6, 6.07) is 0.206. The molecule has 2 aliphatic rings. The average Bonchev–Trinajstić information content (AvgIpc) is 2.84. The monoisotopic (exact) mass is 602 g/mol. The van der Waals surface area contributed by atoms with Crippen molar-refractivity contribution >= 4 is 35.8 Å². The van der Waals surface area contributed by atoms with E-state index in [0.29, 0.717) is 43.8 Å². The van der Waals surface area contributed by atoms with Gasteiger partial charge in [0.2, 0.25) is 5.91 Å². The maximum Gasteiger partial charge on any atom is 0.437 e. The van der Waals surface area contributed by atoms with Crippen molar-refractivity contribution in [2.24, 2.45) is 0 Å². The standard InChI is InChI=1S/C25H32F6N4O4.ClH/c1-5-20(36)33-9-10-34-18-11-16(21(37)35(14(2)3)15-7-6-8-32-13-15)17(24(26,27)28)12-19(18)39-23(4,22(34)38)25(29,30)31;/h11-12,14-15,32H,5-10,13H2,1-4H3,(H,33,36);1H/t15-,23-;/m1./s1. The highest BCUT2D eigenvalue weighted by Gasteiger charge is 2.63. The predicted molar refractivity (Wildman–Crippen MR) is 137 cm³/mol. The van der Waals surface area contributed by atoms with Crippen molar-refractivity contribution in [2.45, 2.75) is 77.0 Å². The number of anilines is 1. The average molecular weight is 603 g/mol. The lowest BCUT2D eigenvalue weighted by Crippen LogP contribution is -2.63. The zero-order chi connectivity index (χ0) is 29.3. The van der Waals surface area contributed by atoms with Crippen LogP contribution in [0.1, 0.15) is 62.9 Å². The molecule has 226 valence electrons. The van der Waals surface area contributed by atoms with Crippen LogP contribution in [0.5, 0.6) is 5.75 Å². The van der Waals surface area contributed by atoms with E-state index in [0.717, 1.165) is 6.07 Å². The molecule has 0 unspecified atom stereocenters. The fraction of sp³-hybridized carbons (Fsp3) is 0.640. The Morgan fingerprint density at radius 1 is 1.23 bits per heavy atom. The second-order valence-electron chi connectivity index (χ2n) is 9.96. The molecular weight excluding hydrogens is 570 g/mol. The fourth-order valence-electron chi connectivity index (χ4n) is 4.77. The molecule has 2 atom stereocenters. The molecule has 1 fully saturated rings. The number of alkyl halides is 6. The molecule has 3 rings (SSSR count). The minimum atomic E-state index is -5.28. The van der Waals surface area contributed by atoms with Crippen molar-refractivity contribution < 1.29 is 45.5 Å². The molecule has 2 heterocycles. The summed E-state index contributed by atoms with van der Waals surface area (Å²) in [6.07, 6.45) is -9.07. The number of nitrogens with zero attached hydrogens (tertiary/aromatic N) is 2. The van der Waals surface area contributed by atoms with Gasteiger partial charge in [-0.25, -0.2) is 0 Å². The number of carbonyl (C=O) groups is 3. The molecule has 0 aliphatic carbocycles. The smallest absolute Gasteiger partial charge is 0.437 e. The zero-order valence-corrected chi connectivity index (χ0v) is 23.3. The van der Waals surface area contributed by atoms with Crippen LogP contribution in [0, 0.1) is 0 Å². The van der Waals surface area contributed by atoms with Gasteiger partial charge in [-0.1, -0.05) is 6.92 Å². The molecular formula is C25H33ClF6N4O4. The molecule has 0 aromatic heterocycles. The molecule has 8 nitrogen and oxygen atoms in total. The summed E-state index contributed by atoms with van der Waals surface area (Å²) in [7, 11) is 0. The predicted octanol–water partition coefficient (Wildman–Crippen LogP) is 4.30. The van der Waals surface area contributed by atoms with E-state index < -0.39 is 76.9 Å². The zero-order valence-electron chi connectivity index (χ0n) is 22.5. The molecule has 3 amide bonds. The van der Waals surface area contributed by atoms with Crippen molar-refractivity contribution in [3.63, 3.8) is 0 Å². The molecule has 0 radical (unpaired) electrons. The van der Waals surface area contributed by atoms with Gasteiger partial charge in [0, 0.05) is 38.1 Å². The number of nitrogens with one attached hydrogen (secondary N) is 2. The largest absolute Gasteiger partial charge is 0.466 e. The lowest BCUT2D eigenvalue weighted by Gasteiger charge is -2.42. The van der Waals surface area contributed by atoms with E-state index in [1.165, 1.54) is 4.90 Å². The van der Waals surface area contributed by atoms with Crippen molar-refractivity contribution in [2.75, 3.05) is 31.1 Å². The van der Waals surface area contributed by atoms with Crippen LogP contribution in [-0.2, 0) is 15.8 Å². The third-order valence-corrected chi connectivity index (χ3v) is 6.87. The maximum atomic E-state index is 14.2. The first-order valence-corrected chi connectivity index (χ1v) is 12.7. The van der Waals surface area contributed by atoms with Gasteiger partial charge in [-0.2, -0.15) is 26.3 Å². The van der Waals surface area contributed by atoms with Crippen LogP contribution in [0.25, 0.3) is 0 Å². The minimum absolute atomic E-state index is 0. The van der Waals surface area contributed by atoms with Crippen LogP contribution >= 0.6 is 12.4 Å². The lowest BCUT2D eigenvalue weighted by molar-refractivity contribution is -0.236. The van der Waals surface area contributed by atoms with Crippen molar-refractivity contribution in [3.8, 4) is 5.75 Å². The van der Waals surface area contributed by atoms with E-state index in [-0.39, 0.29) is 25.4 Å². The van der Waals surface area contributed by atoms with E-state index in [1.807, 2.05) is 0 Å². The maximum absolute atomic E-state index is 14.2. The number of carbonyl (C=O) groups excluding carboxylic acids is 3. The van der Waals surface area contributed by atoms with E-state index >= 15 is 0 Å². The number of benzene rings is 1. The Kier molecular flexibility index (Phi) is 10.4. The molecule has 1 aromatic carbocycles. The van der Waals surface area contributed by atoms with Crippen molar-refractivity contribution in [3.05, 3.63) is 23.3 Å². The third kappa shape index (κ3) is 6.59. The summed E-state index contributed by atoms with van der Waals surface area (Å²) in [5.74, 6) is -3.84. The van der Waals surface area contributed by atoms with Gasteiger partial charge in [0.1, 0.15) is 5.75 Å². The van der Waals surface area contributed by atoms with Gasteiger partial charge in [0.25, 0.3) is 17.4 Å². The number of rotatable bonds is 7. The molecule has 2 N–H and O–H groups in total. The number of amides is 3. The highest BCUT2D eigenvalue weighted by Crippen LogP contribution is 2.48. The first-order chi connectivity index (χ1) is 18.0. The van der Waals surface area contributed by atoms with Gasteiger partial charge in [-0.3, -0.25) is 14.4 Å². The summed E-state index contributed by atoms with van der Waals surface area (Å²) >= 11 is 0. The molecule has 2 aliphatic heterocycles. The number of halogens is 7. The highest BCUT2D eigenvalue weighted by atomic mass is 35.5. The Hall–Kier alpha value is -2.74. The molecule has 15 heteroatoms. The second kappa shape index (κ2) is 12.4. The van der Waals surface area contributed by atoms with E-state index in [4.69, 9.17) is 4.74 Å². The number of hydrogen-bond donors (Lipinski definition) is 2. The Morgan fingerprint density at radius 2 is 1.88 bits per heavy atom. The van der Waals surface area contributed by atoms with Crippen LogP contribution in [0.4, 0.5) is 32.0 Å². The third-order valence-electron chi connectivity index (χ3n) is 6.87. The summed E-state index contributed by atoms with van der Waals surface area (Å²) in [4.78, 5) is 40.4. The first kappa shape index (κ1) is 33.5. The van der Waals surface area contributed by atoms with E-state index in [2.05, 4.69) is 10.6 Å². The van der Waals surface area contributed by atoms with Crippen LogP contribution in [0.2, 0.25) is 0 Å². The Labute approximate surface area is 234 Å². The van der Waals surface area contributed by atoms with Crippen LogP contribution in [-0.4, -0.2) is 72.7 Å². The SMILES string of the molecule is CCC(=O)NCCN1C(=O)[C@](C)(C(F)(F)F)Oc2cc(C(F)(F)F)c(C(=O)N(C(C)C)[C@@H]3CCCNC3)cc21.Cl. The van der Waals surface area contributed by atoms with Gasteiger partial charge in [-0.15, -0.1) is 12.4 Å². The quantitative estimate of drug-likeness (QED) is 0.454. The first-order valence-electron chi connectivity index (χ1n) is 12.7. The molecule has 0 spiro atoms. The summed E-state index contributed by atoms with van der Waals surface area (Å²) in [6.45, 7) is 5.58. The highest BCUT2D eigenvalue weighted by molar-refractivity contribution is 6.05. The van der Waals surface area contributed by atoms with E-state index in [9.17, 15) is 40.7 Å². The fourth-order valence-corrected chi connectivity index (χ4v) is 4.77.